The van der Waals surface area contributed by atoms with Gasteiger partial charge in [0.15, 0.2) is 0 Å². The standard InChI is InChI=1S/C21H23N3O3S/c1-14-9-10-16(13-18(14)24-11-4-3-8-19(24)25)23-21(27)20(26)22-15-6-5-7-17(12-15)28-2/h5-7,9-10,12-13H,3-4,8,11H2,1-2H3,(H,22,26)(H,23,27). The number of rotatable bonds is 4. The molecule has 0 aliphatic carbocycles. The molecule has 0 atom stereocenters. The largest absolute Gasteiger partial charge is 0.318 e. The summed E-state index contributed by atoms with van der Waals surface area (Å²) in [4.78, 5) is 39.5. The van der Waals surface area contributed by atoms with Crippen molar-refractivity contribution in [1.82, 2.24) is 0 Å². The van der Waals surface area contributed by atoms with E-state index in [1.807, 2.05) is 37.4 Å². The summed E-state index contributed by atoms with van der Waals surface area (Å²) in [6.45, 7) is 2.59. The van der Waals surface area contributed by atoms with Crippen LogP contribution in [0, 0.1) is 6.92 Å². The van der Waals surface area contributed by atoms with E-state index in [9.17, 15) is 14.4 Å². The van der Waals surface area contributed by atoms with Gasteiger partial charge >= 0.3 is 11.8 Å². The second kappa shape index (κ2) is 8.93. The molecule has 1 fully saturated rings. The van der Waals surface area contributed by atoms with Gasteiger partial charge in [-0.25, -0.2) is 0 Å². The van der Waals surface area contributed by atoms with E-state index in [0.717, 1.165) is 29.0 Å². The SMILES string of the molecule is CSc1cccc(NC(=O)C(=O)Nc2ccc(C)c(N3CCCCC3=O)c2)c1. The average Bonchev–Trinajstić information content (AvgIpc) is 2.70. The first-order chi connectivity index (χ1) is 13.5. The number of hydrogen-bond acceptors (Lipinski definition) is 4. The number of hydrogen-bond donors (Lipinski definition) is 2. The number of carbonyl (C=O) groups excluding carboxylic acids is 3. The Labute approximate surface area is 168 Å². The van der Waals surface area contributed by atoms with Crippen LogP contribution in [-0.4, -0.2) is 30.5 Å². The molecule has 2 aromatic rings. The zero-order chi connectivity index (χ0) is 20.1. The van der Waals surface area contributed by atoms with Crippen LogP contribution in [0.4, 0.5) is 17.1 Å². The monoisotopic (exact) mass is 397 g/mol. The highest BCUT2D eigenvalue weighted by atomic mass is 32.2. The maximum Gasteiger partial charge on any atom is 0.314 e. The third kappa shape index (κ3) is 4.72. The summed E-state index contributed by atoms with van der Waals surface area (Å²) in [5, 5.41) is 5.22. The number of aryl methyl sites for hydroxylation is 1. The topological polar surface area (TPSA) is 78.5 Å². The second-order valence-corrected chi connectivity index (χ2v) is 7.52. The van der Waals surface area contributed by atoms with E-state index in [0.29, 0.717) is 24.3 Å². The highest BCUT2D eigenvalue weighted by molar-refractivity contribution is 7.98. The Hall–Kier alpha value is -2.80. The summed E-state index contributed by atoms with van der Waals surface area (Å²) >= 11 is 1.55. The molecule has 146 valence electrons. The van der Waals surface area contributed by atoms with E-state index < -0.39 is 11.8 Å². The van der Waals surface area contributed by atoms with E-state index in [2.05, 4.69) is 10.6 Å². The molecule has 0 spiro atoms. The van der Waals surface area contributed by atoms with Gasteiger partial charge in [0, 0.05) is 34.9 Å². The molecule has 7 heteroatoms. The van der Waals surface area contributed by atoms with Crippen molar-refractivity contribution < 1.29 is 14.4 Å². The molecule has 0 radical (unpaired) electrons. The molecule has 2 N–H and O–H groups in total. The molecule has 3 amide bonds. The Bertz CT molecular complexity index is 914. The van der Waals surface area contributed by atoms with Gasteiger partial charge in [0.25, 0.3) is 0 Å². The van der Waals surface area contributed by atoms with Crippen molar-refractivity contribution >= 4 is 46.5 Å². The predicted octanol–water partition coefficient (Wildman–Crippen LogP) is 3.81. The number of piperidine rings is 1. The van der Waals surface area contributed by atoms with Gasteiger partial charge in [0.1, 0.15) is 0 Å². The minimum Gasteiger partial charge on any atom is -0.318 e. The van der Waals surface area contributed by atoms with Gasteiger partial charge in [-0.1, -0.05) is 12.1 Å². The van der Waals surface area contributed by atoms with Crippen LogP contribution in [0.5, 0.6) is 0 Å². The van der Waals surface area contributed by atoms with E-state index in [-0.39, 0.29) is 5.91 Å². The first-order valence-electron chi connectivity index (χ1n) is 9.15. The van der Waals surface area contributed by atoms with Crippen LogP contribution in [0.3, 0.4) is 0 Å². The minimum absolute atomic E-state index is 0.0873. The fourth-order valence-electron chi connectivity index (χ4n) is 3.12. The van der Waals surface area contributed by atoms with Gasteiger partial charge in [0.05, 0.1) is 0 Å². The summed E-state index contributed by atoms with van der Waals surface area (Å²) in [5.41, 5.74) is 2.77. The van der Waals surface area contributed by atoms with Crippen molar-refractivity contribution in [2.24, 2.45) is 0 Å². The van der Waals surface area contributed by atoms with Crippen molar-refractivity contribution in [3.05, 3.63) is 48.0 Å². The molecule has 0 bridgehead atoms. The fourth-order valence-corrected chi connectivity index (χ4v) is 3.57. The maximum atomic E-state index is 12.3. The Balaban J connectivity index is 1.70. The van der Waals surface area contributed by atoms with Gasteiger partial charge in [-0.15, -0.1) is 11.8 Å². The summed E-state index contributed by atoms with van der Waals surface area (Å²) in [6, 6.07) is 12.6. The molecule has 2 aromatic carbocycles. The molecule has 3 rings (SSSR count). The number of carbonyl (C=O) groups is 3. The van der Waals surface area contributed by atoms with Crippen molar-refractivity contribution in [1.29, 1.82) is 0 Å². The summed E-state index contributed by atoms with van der Waals surface area (Å²) in [6.07, 6.45) is 4.34. The molecule has 0 aromatic heterocycles. The molecular weight excluding hydrogens is 374 g/mol. The fraction of sp³-hybridized carbons (Fsp3) is 0.286. The van der Waals surface area contributed by atoms with Crippen LogP contribution in [-0.2, 0) is 14.4 Å². The van der Waals surface area contributed by atoms with Gasteiger partial charge < -0.3 is 15.5 Å². The Morgan fingerprint density at radius 1 is 1.00 bits per heavy atom. The van der Waals surface area contributed by atoms with Gasteiger partial charge in [-0.05, 0) is 61.9 Å². The molecule has 1 heterocycles. The summed E-state index contributed by atoms with van der Waals surface area (Å²) < 4.78 is 0. The maximum absolute atomic E-state index is 12.3. The van der Waals surface area contributed by atoms with Gasteiger partial charge in [-0.2, -0.15) is 0 Å². The normalized spacial score (nSPS) is 13.9. The number of nitrogens with zero attached hydrogens (tertiary/aromatic N) is 1. The first kappa shape index (κ1) is 19.9. The number of benzene rings is 2. The van der Waals surface area contributed by atoms with E-state index in [4.69, 9.17) is 0 Å². The first-order valence-corrected chi connectivity index (χ1v) is 10.4. The minimum atomic E-state index is -0.755. The molecule has 1 aliphatic heterocycles. The van der Waals surface area contributed by atoms with Crippen LogP contribution in [0.2, 0.25) is 0 Å². The lowest BCUT2D eigenvalue weighted by molar-refractivity contribution is -0.133. The third-order valence-electron chi connectivity index (χ3n) is 4.62. The number of anilines is 3. The van der Waals surface area contributed by atoms with Crippen molar-refractivity contribution in [3.8, 4) is 0 Å². The van der Waals surface area contributed by atoms with Crippen molar-refractivity contribution in [2.75, 3.05) is 28.3 Å². The third-order valence-corrected chi connectivity index (χ3v) is 5.34. The number of nitrogens with one attached hydrogen (secondary N) is 2. The second-order valence-electron chi connectivity index (χ2n) is 6.64. The molecule has 6 nitrogen and oxygen atoms in total. The molecule has 0 unspecified atom stereocenters. The lowest BCUT2D eigenvalue weighted by atomic mass is 10.1. The lowest BCUT2D eigenvalue weighted by Crippen LogP contribution is -2.35. The molecule has 0 saturated carbocycles. The number of amides is 3. The van der Waals surface area contributed by atoms with Crippen LogP contribution in [0.1, 0.15) is 24.8 Å². The molecular formula is C21H23N3O3S. The van der Waals surface area contributed by atoms with Crippen LogP contribution in [0.25, 0.3) is 0 Å². The Morgan fingerprint density at radius 3 is 2.39 bits per heavy atom. The Morgan fingerprint density at radius 2 is 1.71 bits per heavy atom. The van der Waals surface area contributed by atoms with Crippen molar-refractivity contribution in [3.63, 3.8) is 0 Å². The molecule has 1 saturated heterocycles. The van der Waals surface area contributed by atoms with E-state index in [1.165, 1.54) is 0 Å². The number of thioether (sulfide) groups is 1. The summed E-state index contributed by atoms with van der Waals surface area (Å²) in [7, 11) is 0. The van der Waals surface area contributed by atoms with E-state index >= 15 is 0 Å². The van der Waals surface area contributed by atoms with Crippen LogP contribution in [0.15, 0.2) is 47.4 Å². The Kier molecular flexibility index (Phi) is 6.36. The highest BCUT2D eigenvalue weighted by Gasteiger charge is 2.22. The van der Waals surface area contributed by atoms with Crippen LogP contribution >= 0.6 is 11.8 Å². The van der Waals surface area contributed by atoms with E-state index in [1.54, 1.807) is 34.9 Å². The quantitative estimate of drug-likeness (QED) is 0.607. The zero-order valence-electron chi connectivity index (χ0n) is 16.0. The van der Waals surface area contributed by atoms with Gasteiger partial charge in [-0.3, -0.25) is 14.4 Å². The molecule has 28 heavy (non-hydrogen) atoms. The smallest absolute Gasteiger partial charge is 0.314 e. The van der Waals surface area contributed by atoms with Crippen LogP contribution < -0.4 is 15.5 Å². The molecule has 1 aliphatic rings. The zero-order valence-corrected chi connectivity index (χ0v) is 16.8. The summed E-state index contributed by atoms with van der Waals surface area (Å²) in [5.74, 6) is -1.41. The van der Waals surface area contributed by atoms with Crippen molar-refractivity contribution in [2.45, 2.75) is 31.1 Å². The average molecular weight is 398 g/mol. The highest BCUT2D eigenvalue weighted by Crippen LogP contribution is 2.28. The lowest BCUT2D eigenvalue weighted by Gasteiger charge is -2.28. The predicted molar refractivity (Wildman–Crippen MR) is 113 cm³/mol. The van der Waals surface area contributed by atoms with Gasteiger partial charge in [0.2, 0.25) is 5.91 Å².